The fraction of sp³-hybridized carbons (Fsp3) is 0.538. The summed E-state index contributed by atoms with van der Waals surface area (Å²) in [7, 11) is -2.34. The molecule has 0 N–H and O–H groups in total. The Morgan fingerprint density at radius 1 is 0.468 bits per heavy atom. The van der Waals surface area contributed by atoms with Gasteiger partial charge in [-0.05, 0) is 40.7 Å². The standard InChI is InChI=1S/C36H54BP3.C3H9N2Si.Fe/c1-25(2)38(26(3)4)34-22-16-13-19-31(34)37(32-20-14-17-23-35(32)39(27(5)6)28(7)8)33-21-15-18-24-36(33)40(29(9)10)30(11)12;1-6(2,3)5-4;/h13-30H,1-12H3;1-3H3;/q2*-1;+2. The van der Waals surface area contributed by atoms with Crippen molar-refractivity contribution in [2.75, 3.05) is 0 Å². The van der Waals surface area contributed by atoms with Gasteiger partial charge in [0.15, 0.2) is 0 Å². The van der Waals surface area contributed by atoms with Crippen LogP contribution in [-0.2, 0) is 17.1 Å². The van der Waals surface area contributed by atoms with Gasteiger partial charge >= 0.3 is 17.1 Å². The molecule has 0 bridgehead atoms. The van der Waals surface area contributed by atoms with Crippen molar-refractivity contribution in [2.45, 2.75) is 137 Å². The van der Waals surface area contributed by atoms with Crippen LogP contribution in [0.3, 0.4) is 0 Å². The normalized spacial score (nSPS) is 12.3. The average molecular weight is 748 g/mol. The van der Waals surface area contributed by atoms with Crippen molar-refractivity contribution in [1.29, 1.82) is 0 Å². The predicted molar refractivity (Wildman–Crippen MR) is 224 cm³/mol. The Labute approximate surface area is 306 Å². The van der Waals surface area contributed by atoms with Crippen molar-refractivity contribution < 1.29 is 17.1 Å². The van der Waals surface area contributed by atoms with E-state index < -0.39 is 8.24 Å². The summed E-state index contributed by atoms with van der Waals surface area (Å²) in [5, 5.41) is 4.82. The van der Waals surface area contributed by atoms with Crippen LogP contribution in [0, 0.1) is 0 Å². The van der Waals surface area contributed by atoms with Gasteiger partial charge in [0.1, 0.15) is 8.24 Å². The van der Waals surface area contributed by atoms with Crippen LogP contribution in [0.5, 0.6) is 0 Å². The molecule has 0 aliphatic carbocycles. The van der Waals surface area contributed by atoms with Crippen molar-refractivity contribution in [3.05, 3.63) is 78.3 Å². The summed E-state index contributed by atoms with van der Waals surface area (Å²) >= 11 is 0. The Hall–Kier alpha value is -0.649. The van der Waals surface area contributed by atoms with Crippen LogP contribution in [0.25, 0.3) is 5.53 Å². The minimum Gasteiger partial charge on any atom is -0.722 e. The minimum absolute atomic E-state index is 0. The summed E-state index contributed by atoms with van der Waals surface area (Å²) in [5.74, 6) is 0. The molecule has 0 unspecified atom stereocenters. The fourth-order valence-corrected chi connectivity index (χ4v) is 16.1. The van der Waals surface area contributed by atoms with E-state index in [0.717, 1.165) is 0 Å². The Morgan fingerprint density at radius 2 is 0.660 bits per heavy atom. The Balaban J connectivity index is 0.00000144. The molecule has 3 aromatic rings. The van der Waals surface area contributed by atoms with E-state index in [1.54, 1.807) is 32.3 Å². The molecule has 0 saturated heterocycles. The van der Waals surface area contributed by atoms with E-state index in [9.17, 15) is 0 Å². The predicted octanol–water partition coefficient (Wildman–Crippen LogP) is 9.82. The Morgan fingerprint density at radius 3 is 0.830 bits per heavy atom. The summed E-state index contributed by atoms with van der Waals surface area (Å²) in [6.07, 6.45) is 0. The monoisotopic (exact) mass is 747 g/mol. The van der Waals surface area contributed by atoms with Crippen molar-refractivity contribution in [2.24, 2.45) is 4.78 Å². The maximum atomic E-state index is 8.09. The molecule has 0 spiro atoms. The van der Waals surface area contributed by atoms with Gasteiger partial charge in [-0.3, -0.25) is 0 Å². The van der Waals surface area contributed by atoms with Crippen molar-refractivity contribution >= 4 is 71.0 Å². The van der Waals surface area contributed by atoms with Gasteiger partial charge < -0.3 is 10.3 Å². The van der Waals surface area contributed by atoms with Crippen LogP contribution in [0.1, 0.15) is 83.1 Å². The van der Waals surface area contributed by atoms with Crippen molar-refractivity contribution in [3.8, 4) is 0 Å². The molecule has 3 aromatic carbocycles. The Kier molecular flexibility index (Phi) is 19.1. The van der Waals surface area contributed by atoms with Crippen LogP contribution in [-0.4, -0.2) is 48.9 Å². The number of rotatable bonds is 13. The van der Waals surface area contributed by atoms with Crippen LogP contribution in [0.4, 0.5) is 0 Å². The summed E-state index contributed by atoms with van der Waals surface area (Å²) < 4.78 is 3.16. The van der Waals surface area contributed by atoms with Gasteiger partial charge in [0.2, 0.25) is 0 Å². The second kappa shape index (κ2) is 20.3. The van der Waals surface area contributed by atoms with Crippen LogP contribution >= 0.6 is 23.8 Å². The van der Waals surface area contributed by atoms with Gasteiger partial charge in [-0.15, -0.1) is 0 Å². The first-order chi connectivity index (χ1) is 21.4. The molecule has 3 rings (SSSR count). The third-order valence-corrected chi connectivity index (χ3v) is 18.4. The largest absolute Gasteiger partial charge is 2.00 e. The number of benzene rings is 3. The molecule has 259 valence electrons. The molecule has 0 aliphatic rings. The molecule has 2 nitrogen and oxygen atoms in total. The van der Waals surface area contributed by atoms with Gasteiger partial charge in [0.25, 0.3) is 0 Å². The maximum Gasteiger partial charge on any atom is 2.00 e. The van der Waals surface area contributed by atoms with Crippen molar-refractivity contribution in [3.63, 3.8) is 0 Å². The first-order valence-electron chi connectivity index (χ1n) is 17.4. The molecule has 0 amide bonds. The number of nitrogens with zero attached hydrogens (tertiary/aromatic N) is 2. The second-order valence-electron chi connectivity index (χ2n) is 15.2. The summed E-state index contributed by atoms with van der Waals surface area (Å²) in [4.78, 5) is 0. The molecular formula is C39H63BFeN2P3Si. The Bertz CT molecular complexity index is 1200. The molecule has 47 heavy (non-hydrogen) atoms. The van der Waals surface area contributed by atoms with Gasteiger partial charge in [-0.2, -0.15) is 0 Å². The summed E-state index contributed by atoms with van der Waals surface area (Å²) in [6.45, 7) is 35.4. The quantitative estimate of drug-likeness (QED) is 0.0949. The molecule has 0 fully saturated rings. The van der Waals surface area contributed by atoms with Crippen LogP contribution in [0.15, 0.2) is 77.6 Å². The van der Waals surface area contributed by atoms with Gasteiger partial charge in [-0.25, -0.2) is 16.4 Å². The topological polar surface area (TPSA) is 34.7 Å². The average Bonchev–Trinajstić information content (AvgIpc) is 2.94. The summed E-state index contributed by atoms with van der Waals surface area (Å²) in [6, 6.07) is 28.6. The van der Waals surface area contributed by atoms with Gasteiger partial charge in [-0.1, -0.05) is 215 Å². The summed E-state index contributed by atoms with van der Waals surface area (Å²) in [5.41, 5.74) is 16.6. The van der Waals surface area contributed by atoms with Crippen LogP contribution in [0.2, 0.25) is 19.6 Å². The van der Waals surface area contributed by atoms with Crippen LogP contribution < -0.4 is 32.3 Å². The van der Waals surface area contributed by atoms with Crippen molar-refractivity contribution in [1.82, 2.24) is 0 Å². The zero-order valence-corrected chi connectivity index (χ0v) is 36.8. The third-order valence-electron chi connectivity index (χ3n) is 8.22. The number of hydrogen-bond donors (Lipinski definition) is 0. The molecule has 0 aromatic heterocycles. The van der Waals surface area contributed by atoms with E-state index >= 15 is 0 Å². The van der Waals surface area contributed by atoms with Gasteiger partial charge in [0, 0.05) is 0 Å². The zero-order chi connectivity index (χ0) is 34.9. The molecule has 1 radical (unpaired) electrons. The molecule has 0 aliphatic heterocycles. The van der Waals surface area contributed by atoms with Gasteiger partial charge in [0.05, 0.1) is 0 Å². The van der Waals surface area contributed by atoms with E-state index in [1.165, 1.54) is 0 Å². The van der Waals surface area contributed by atoms with E-state index in [4.69, 9.17) is 5.53 Å². The van der Waals surface area contributed by atoms with E-state index in [2.05, 4.69) is 161 Å². The molecule has 0 atom stereocenters. The molecular weight excluding hydrogens is 684 g/mol. The van der Waals surface area contributed by atoms with E-state index in [1.807, 2.05) is 19.6 Å². The zero-order valence-electron chi connectivity index (χ0n) is 32.1. The smallest absolute Gasteiger partial charge is 0.722 e. The first-order valence-corrected chi connectivity index (χ1v) is 25.3. The number of hydrogen-bond acceptors (Lipinski definition) is 1. The minimum atomic E-state index is -1.45. The third kappa shape index (κ3) is 12.3. The van der Waals surface area contributed by atoms with E-state index in [-0.39, 0.29) is 47.5 Å². The fourth-order valence-electron chi connectivity index (χ4n) is 6.86. The maximum absolute atomic E-state index is 8.09. The SMILES string of the molecule is CC(C)P(c1ccccc1[B-](c1ccccc1P(C(C)C)C(C)C)c1ccccc1P(C(C)C)C(C)C)C(C)C.C[Si](C)(C)N=[N-].[Fe+2]. The van der Waals surface area contributed by atoms with E-state index in [0.29, 0.717) is 34.0 Å². The molecule has 0 heterocycles. The molecule has 0 saturated carbocycles. The molecule has 8 heteroatoms. The second-order valence-corrected chi connectivity index (χ2v) is 29.8. The first kappa shape index (κ1) is 44.4.